The third kappa shape index (κ3) is 2.21. The van der Waals surface area contributed by atoms with Gasteiger partial charge in [0.1, 0.15) is 0 Å². The molecule has 0 aliphatic rings. The van der Waals surface area contributed by atoms with E-state index in [4.69, 9.17) is 11.6 Å². The van der Waals surface area contributed by atoms with E-state index < -0.39 is 0 Å². The lowest BCUT2D eigenvalue weighted by Gasteiger charge is -2.07. The van der Waals surface area contributed by atoms with Gasteiger partial charge in [0, 0.05) is 5.02 Å². The first kappa shape index (κ1) is 10.3. The molecule has 0 bridgehead atoms. The predicted octanol–water partition coefficient (Wildman–Crippen LogP) is 4.38. The minimum Gasteiger partial charge on any atom is -0.0843 e. The summed E-state index contributed by atoms with van der Waals surface area (Å²) in [6.45, 7) is 3.93. The van der Waals surface area contributed by atoms with Crippen molar-refractivity contribution in [3.63, 3.8) is 0 Å². The van der Waals surface area contributed by atoms with Gasteiger partial charge in [-0.3, -0.25) is 0 Å². The maximum Gasteiger partial charge on any atom is 0.0406 e. The Hall–Kier alpha value is -1.27. The van der Waals surface area contributed by atoms with Gasteiger partial charge in [0.15, 0.2) is 0 Å². The van der Waals surface area contributed by atoms with Crippen LogP contribution in [0.15, 0.2) is 48.5 Å². The van der Waals surface area contributed by atoms with E-state index in [9.17, 15) is 0 Å². The van der Waals surface area contributed by atoms with Crippen molar-refractivity contribution in [3.05, 3.63) is 66.0 Å². The fourth-order valence-electron chi connectivity index (χ4n) is 1.65. The second-order valence-electron chi connectivity index (χ2n) is 3.41. The van der Waals surface area contributed by atoms with Crippen molar-refractivity contribution in [2.24, 2.45) is 0 Å². The van der Waals surface area contributed by atoms with Gasteiger partial charge in [-0.15, -0.1) is 0 Å². The zero-order valence-corrected chi connectivity index (χ0v) is 9.17. The molecular weight excluding hydrogens is 204 g/mol. The predicted molar refractivity (Wildman–Crippen MR) is 65.9 cm³/mol. The van der Waals surface area contributed by atoms with Crippen LogP contribution in [0.4, 0.5) is 0 Å². The van der Waals surface area contributed by atoms with Gasteiger partial charge in [0.2, 0.25) is 0 Å². The summed E-state index contributed by atoms with van der Waals surface area (Å²) < 4.78 is 0. The third-order valence-corrected chi connectivity index (χ3v) is 2.69. The molecule has 2 aromatic carbocycles. The number of rotatable bonds is 2. The SMILES string of the molecule is [CH2]Cc1ccccc1-c1ccc(Cl)cc1. The van der Waals surface area contributed by atoms with Crippen LogP contribution in [0, 0.1) is 6.92 Å². The van der Waals surface area contributed by atoms with E-state index in [2.05, 4.69) is 19.1 Å². The average Bonchev–Trinajstić information content (AvgIpc) is 2.30. The maximum atomic E-state index is 5.86. The molecule has 0 aromatic heterocycles. The van der Waals surface area contributed by atoms with Gasteiger partial charge in [-0.05, 0) is 42.2 Å². The molecule has 0 atom stereocenters. The summed E-state index contributed by atoms with van der Waals surface area (Å²) in [5.41, 5.74) is 3.70. The lowest BCUT2D eigenvalue weighted by molar-refractivity contribution is 1.27. The highest BCUT2D eigenvalue weighted by Gasteiger charge is 2.01. The van der Waals surface area contributed by atoms with Gasteiger partial charge in [-0.25, -0.2) is 0 Å². The third-order valence-electron chi connectivity index (χ3n) is 2.44. The van der Waals surface area contributed by atoms with Gasteiger partial charge in [-0.1, -0.05) is 48.0 Å². The summed E-state index contributed by atoms with van der Waals surface area (Å²) in [5, 5.41) is 0.769. The average molecular weight is 216 g/mol. The van der Waals surface area contributed by atoms with Crippen molar-refractivity contribution >= 4 is 11.6 Å². The molecule has 0 aliphatic heterocycles. The second kappa shape index (κ2) is 4.50. The molecule has 0 amide bonds. The molecule has 2 aromatic rings. The fourth-order valence-corrected chi connectivity index (χ4v) is 1.78. The molecule has 0 spiro atoms. The van der Waals surface area contributed by atoms with Gasteiger partial charge in [0.05, 0.1) is 0 Å². The first-order valence-electron chi connectivity index (χ1n) is 4.94. The van der Waals surface area contributed by atoms with E-state index in [1.54, 1.807) is 0 Å². The number of hydrogen-bond acceptors (Lipinski definition) is 0. The van der Waals surface area contributed by atoms with Crippen LogP contribution in [0.5, 0.6) is 0 Å². The summed E-state index contributed by atoms with van der Waals surface area (Å²) in [7, 11) is 0. The molecule has 2 rings (SSSR count). The monoisotopic (exact) mass is 215 g/mol. The van der Waals surface area contributed by atoms with Crippen LogP contribution in [0.1, 0.15) is 5.56 Å². The molecule has 0 saturated carbocycles. The summed E-state index contributed by atoms with van der Waals surface area (Å²) in [4.78, 5) is 0. The molecule has 15 heavy (non-hydrogen) atoms. The highest BCUT2D eigenvalue weighted by Crippen LogP contribution is 2.25. The minimum atomic E-state index is 0.769. The standard InChI is InChI=1S/C14H12Cl/c1-2-11-5-3-4-6-14(11)12-7-9-13(15)10-8-12/h3-10H,1-2H2. The second-order valence-corrected chi connectivity index (χ2v) is 3.85. The Labute approximate surface area is 95.5 Å². The summed E-state index contributed by atoms with van der Waals surface area (Å²) in [6.07, 6.45) is 0.804. The molecular formula is C14H12Cl. The van der Waals surface area contributed by atoms with Crippen molar-refractivity contribution in [1.29, 1.82) is 0 Å². The lowest BCUT2D eigenvalue weighted by atomic mass is 9.98. The molecule has 0 N–H and O–H groups in total. The van der Waals surface area contributed by atoms with Crippen LogP contribution < -0.4 is 0 Å². The zero-order valence-electron chi connectivity index (χ0n) is 8.41. The largest absolute Gasteiger partial charge is 0.0843 e. The Kier molecular flexibility index (Phi) is 3.08. The van der Waals surface area contributed by atoms with Crippen LogP contribution in [-0.4, -0.2) is 0 Å². The molecule has 1 heteroatoms. The minimum absolute atomic E-state index is 0.769. The Bertz CT molecular complexity index is 443. The first-order chi connectivity index (χ1) is 7.31. The van der Waals surface area contributed by atoms with Gasteiger partial charge < -0.3 is 0 Å². The Morgan fingerprint density at radius 1 is 0.933 bits per heavy atom. The van der Waals surface area contributed by atoms with E-state index in [1.807, 2.05) is 36.4 Å². The summed E-state index contributed by atoms with van der Waals surface area (Å²) in [5.74, 6) is 0. The van der Waals surface area contributed by atoms with Crippen molar-refractivity contribution in [1.82, 2.24) is 0 Å². The number of halogens is 1. The highest BCUT2D eigenvalue weighted by molar-refractivity contribution is 6.30. The van der Waals surface area contributed by atoms with Gasteiger partial charge >= 0.3 is 0 Å². The van der Waals surface area contributed by atoms with E-state index in [1.165, 1.54) is 16.7 Å². The van der Waals surface area contributed by atoms with Crippen molar-refractivity contribution in [2.75, 3.05) is 0 Å². The van der Waals surface area contributed by atoms with Crippen LogP contribution in [-0.2, 0) is 6.42 Å². The molecule has 0 nitrogen and oxygen atoms in total. The quantitative estimate of drug-likeness (QED) is 0.697. The molecule has 1 radical (unpaired) electrons. The smallest absolute Gasteiger partial charge is 0.0406 e. The van der Waals surface area contributed by atoms with E-state index >= 15 is 0 Å². The number of hydrogen-bond donors (Lipinski definition) is 0. The van der Waals surface area contributed by atoms with Crippen molar-refractivity contribution < 1.29 is 0 Å². The first-order valence-corrected chi connectivity index (χ1v) is 5.32. The fraction of sp³-hybridized carbons (Fsp3) is 0.0714. The molecule has 0 aliphatic carbocycles. The normalized spacial score (nSPS) is 10.3. The van der Waals surface area contributed by atoms with E-state index in [0.717, 1.165) is 11.4 Å². The van der Waals surface area contributed by atoms with Crippen molar-refractivity contribution in [2.45, 2.75) is 6.42 Å². The van der Waals surface area contributed by atoms with Gasteiger partial charge in [0.25, 0.3) is 0 Å². The highest BCUT2D eigenvalue weighted by atomic mass is 35.5. The molecule has 0 saturated heterocycles. The Morgan fingerprint density at radius 3 is 2.27 bits per heavy atom. The number of benzene rings is 2. The van der Waals surface area contributed by atoms with Crippen LogP contribution >= 0.6 is 11.6 Å². The summed E-state index contributed by atoms with van der Waals surface area (Å²) in [6, 6.07) is 16.2. The van der Waals surface area contributed by atoms with Crippen LogP contribution in [0.2, 0.25) is 5.02 Å². The topological polar surface area (TPSA) is 0 Å². The molecule has 0 heterocycles. The lowest BCUT2D eigenvalue weighted by Crippen LogP contribution is -1.86. The van der Waals surface area contributed by atoms with Crippen LogP contribution in [0.25, 0.3) is 11.1 Å². The Balaban J connectivity index is 2.49. The molecule has 75 valence electrons. The Morgan fingerprint density at radius 2 is 1.60 bits per heavy atom. The molecule has 0 unspecified atom stereocenters. The van der Waals surface area contributed by atoms with E-state index in [0.29, 0.717) is 0 Å². The zero-order chi connectivity index (χ0) is 10.7. The van der Waals surface area contributed by atoms with E-state index in [-0.39, 0.29) is 0 Å². The maximum absolute atomic E-state index is 5.86. The van der Waals surface area contributed by atoms with Gasteiger partial charge in [-0.2, -0.15) is 0 Å². The van der Waals surface area contributed by atoms with Crippen LogP contribution in [0.3, 0.4) is 0 Å². The summed E-state index contributed by atoms with van der Waals surface area (Å²) >= 11 is 5.86. The van der Waals surface area contributed by atoms with Crippen molar-refractivity contribution in [3.8, 4) is 11.1 Å². The molecule has 0 fully saturated rings.